The van der Waals surface area contributed by atoms with Gasteiger partial charge in [-0.15, -0.1) is 0 Å². The molecule has 2 N–H and O–H groups in total. The van der Waals surface area contributed by atoms with Crippen molar-refractivity contribution in [3.8, 4) is 0 Å². The molecule has 0 unspecified atom stereocenters. The van der Waals surface area contributed by atoms with Crippen LogP contribution in [0.5, 0.6) is 0 Å². The Kier molecular flexibility index (Phi) is 4.99. The highest BCUT2D eigenvalue weighted by molar-refractivity contribution is 5.95. The fourth-order valence-electron chi connectivity index (χ4n) is 1.38. The highest BCUT2D eigenvalue weighted by Gasteiger charge is 2.16. The number of aromatic nitrogens is 1. The molecule has 0 atom stereocenters. The van der Waals surface area contributed by atoms with E-state index in [0.29, 0.717) is 6.54 Å². The van der Waals surface area contributed by atoms with Crippen LogP contribution in [0.1, 0.15) is 27.8 Å². The second kappa shape index (κ2) is 6.48. The average molecular weight is 265 g/mol. The first-order valence-corrected chi connectivity index (χ1v) is 5.67. The summed E-state index contributed by atoms with van der Waals surface area (Å²) in [7, 11) is 1.48. The first-order chi connectivity index (χ1) is 8.95. The normalized spacial score (nSPS) is 9.79. The molecule has 0 radical (unpaired) electrons. The summed E-state index contributed by atoms with van der Waals surface area (Å²) in [4.78, 5) is 38.9. The molecule has 7 heteroatoms. The number of rotatable bonds is 5. The summed E-state index contributed by atoms with van der Waals surface area (Å²) in [6.45, 7) is 2.20. The number of likely N-dealkylation sites (N-methyl/N-ethyl adjacent to an activating group) is 2. The predicted octanol–water partition coefficient (Wildman–Crippen LogP) is -0.0121. The van der Waals surface area contributed by atoms with Gasteiger partial charge in [-0.2, -0.15) is 0 Å². The number of carbonyl (C=O) groups excluding carboxylic acids is 2. The number of pyridine rings is 1. The van der Waals surface area contributed by atoms with E-state index in [1.807, 2.05) is 0 Å². The lowest BCUT2D eigenvalue weighted by Crippen LogP contribution is -2.38. The van der Waals surface area contributed by atoms with Crippen LogP contribution in [0.2, 0.25) is 0 Å². The van der Waals surface area contributed by atoms with E-state index in [9.17, 15) is 14.4 Å². The van der Waals surface area contributed by atoms with E-state index in [-0.39, 0.29) is 23.7 Å². The van der Waals surface area contributed by atoms with Crippen molar-refractivity contribution < 1.29 is 19.5 Å². The van der Waals surface area contributed by atoms with E-state index in [1.165, 1.54) is 24.1 Å². The molecule has 0 aliphatic rings. The minimum absolute atomic E-state index is 0.00271. The van der Waals surface area contributed by atoms with Crippen LogP contribution in [0, 0.1) is 0 Å². The lowest BCUT2D eigenvalue weighted by Gasteiger charge is -2.15. The van der Waals surface area contributed by atoms with Crippen molar-refractivity contribution in [2.24, 2.45) is 0 Å². The van der Waals surface area contributed by atoms with Gasteiger partial charge in [-0.05, 0) is 19.1 Å². The first-order valence-electron chi connectivity index (χ1n) is 5.67. The third-order valence-electron chi connectivity index (χ3n) is 2.33. The molecule has 0 saturated heterocycles. The van der Waals surface area contributed by atoms with E-state index in [0.717, 1.165) is 6.20 Å². The summed E-state index contributed by atoms with van der Waals surface area (Å²) in [6, 6.07) is 2.61. The number of carbonyl (C=O) groups is 3. The Bertz CT molecular complexity index is 484. The maximum absolute atomic E-state index is 11.9. The number of carboxylic acids is 1. The molecule has 0 spiro atoms. The zero-order chi connectivity index (χ0) is 14.4. The maximum atomic E-state index is 11.9. The predicted molar refractivity (Wildman–Crippen MR) is 66.8 cm³/mol. The Morgan fingerprint density at radius 2 is 2.05 bits per heavy atom. The molecule has 2 amide bonds. The van der Waals surface area contributed by atoms with Crippen molar-refractivity contribution in [2.75, 3.05) is 20.1 Å². The van der Waals surface area contributed by atoms with Crippen LogP contribution in [0.25, 0.3) is 0 Å². The molecular weight excluding hydrogens is 250 g/mol. The molecule has 0 fully saturated rings. The van der Waals surface area contributed by atoms with Crippen molar-refractivity contribution >= 4 is 17.8 Å². The Hall–Kier alpha value is -2.44. The molecule has 1 heterocycles. The van der Waals surface area contributed by atoms with Crippen LogP contribution >= 0.6 is 0 Å². The summed E-state index contributed by atoms with van der Waals surface area (Å²) in [5.41, 5.74) is 0.0970. The van der Waals surface area contributed by atoms with Gasteiger partial charge in [-0.3, -0.25) is 14.6 Å². The highest BCUT2D eigenvalue weighted by Crippen LogP contribution is 2.03. The molecule has 1 aromatic heterocycles. The zero-order valence-electron chi connectivity index (χ0n) is 10.7. The fraction of sp³-hybridized carbons (Fsp3) is 0.333. The molecule has 1 rings (SSSR count). The van der Waals surface area contributed by atoms with Gasteiger partial charge in [0.2, 0.25) is 5.91 Å². The highest BCUT2D eigenvalue weighted by atomic mass is 16.4. The minimum Gasteiger partial charge on any atom is -0.478 e. The smallest absolute Gasteiger partial charge is 0.337 e. The Morgan fingerprint density at radius 3 is 2.53 bits per heavy atom. The summed E-state index contributed by atoms with van der Waals surface area (Å²) >= 11 is 0. The van der Waals surface area contributed by atoms with E-state index in [2.05, 4.69) is 10.3 Å². The van der Waals surface area contributed by atoms with E-state index >= 15 is 0 Å². The molecule has 0 aromatic carbocycles. The third-order valence-corrected chi connectivity index (χ3v) is 2.33. The van der Waals surface area contributed by atoms with Gasteiger partial charge in [0.1, 0.15) is 5.69 Å². The number of hydrogen-bond acceptors (Lipinski definition) is 4. The van der Waals surface area contributed by atoms with Gasteiger partial charge in [0.25, 0.3) is 5.91 Å². The van der Waals surface area contributed by atoms with E-state index in [4.69, 9.17) is 5.11 Å². The molecule has 1 aromatic rings. The number of hydrogen-bond donors (Lipinski definition) is 2. The lowest BCUT2D eigenvalue weighted by atomic mass is 10.2. The molecule has 19 heavy (non-hydrogen) atoms. The molecule has 0 saturated carbocycles. The van der Waals surface area contributed by atoms with Gasteiger partial charge in [0, 0.05) is 19.8 Å². The first kappa shape index (κ1) is 14.6. The largest absolute Gasteiger partial charge is 0.478 e. The number of amides is 2. The van der Waals surface area contributed by atoms with Crippen LogP contribution in [-0.4, -0.2) is 52.9 Å². The van der Waals surface area contributed by atoms with E-state index in [1.54, 1.807) is 6.92 Å². The van der Waals surface area contributed by atoms with Crippen LogP contribution < -0.4 is 5.32 Å². The second-order valence-electron chi connectivity index (χ2n) is 3.85. The second-order valence-corrected chi connectivity index (χ2v) is 3.85. The molecule has 102 valence electrons. The number of carboxylic acid groups (broad SMARTS) is 1. The summed E-state index contributed by atoms with van der Waals surface area (Å²) in [6.07, 6.45) is 1.11. The van der Waals surface area contributed by atoms with Gasteiger partial charge in [0.05, 0.1) is 12.1 Å². The summed E-state index contributed by atoms with van der Waals surface area (Å²) in [5, 5.41) is 11.3. The van der Waals surface area contributed by atoms with Gasteiger partial charge in [-0.1, -0.05) is 0 Å². The van der Waals surface area contributed by atoms with Crippen LogP contribution in [0.4, 0.5) is 0 Å². The van der Waals surface area contributed by atoms with Gasteiger partial charge in [0.15, 0.2) is 0 Å². The van der Waals surface area contributed by atoms with Crippen molar-refractivity contribution in [2.45, 2.75) is 6.92 Å². The minimum atomic E-state index is -1.11. The van der Waals surface area contributed by atoms with Crippen molar-refractivity contribution in [1.82, 2.24) is 15.2 Å². The summed E-state index contributed by atoms with van der Waals surface area (Å²) in [5.74, 6) is -1.81. The molecular formula is C12H15N3O4. The standard InChI is InChI=1S/C12H15N3O4/c1-3-13-10(16)7-15(2)11(17)9-5-4-8(6-14-9)12(18)19/h4-6H,3,7H2,1-2H3,(H,13,16)(H,18,19). The Morgan fingerprint density at radius 1 is 1.37 bits per heavy atom. The molecule has 0 aliphatic carbocycles. The van der Waals surface area contributed by atoms with Crippen LogP contribution in [-0.2, 0) is 4.79 Å². The summed E-state index contributed by atoms with van der Waals surface area (Å²) < 4.78 is 0. The topological polar surface area (TPSA) is 99.6 Å². The van der Waals surface area contributed by atoms with Crippen molar-refractivity contribution in [1.29, 1.82) is 0 Å². The number of aromatic carboxylic acids is 1. The Balaban J connectivity index is 2.71. The average Bonchev–Trinajstić information content (AvgIpc) is 2.38. The van der Waals surface area contributed by atoms with Crippen LogP contribution in [0.15, 0.2) is 18.3 Å². The van der Waals surface area contributed by atoms with Crippen LogP contribution in [0.3, 0.4) is 0 Å². The van der Waals surface area contributed by atoms with Gasteiger partial charge < -0.3 is 15.3 Å². The monoisotopic (exact) mass is 265 g/mol. The lowest BCUT2D eigenvalue weighted by molar-refractivity contribution is -0.121. The molecule has 7 nitrogen and oxygen atoms in total. The quantitative estimate of drug-likeness (QED) is 0.780. The number of nitrogens with one attached hydrogen (secondary N) is 1. The van der Waals surface area contributed by atoms with Crippen molar-refractivity contribution in [3.63, 3.8) is 0 Å². The van der Waals surface area contributed by atoms with Gasteiger partial charge in [-0.25, -0.2) is 4.79 Å². The zero-order valence-corrected chi connectivity index (χ0v) is 10.7. The fourth-order valence-corrected chi connectivity index (χ4v) is 1.38. The number of nitrogens with zero attached hydrogens (tertiary/aromatic N) is 2. The molecule has 0 aliphatic heterocycles. The Labute approximate surface area is 110 Å². The van der Waals surface area contributed by atoms with Gasteiger partial charge >= 0.3 is 5.97 Å². The van der Waals surface area contributed by atoms with Crippen molar-refractivity contribution in [3.05, 3.63) is 29.6 Å². The maximum Gasteiger partial charge on any atom is 0.337 e. The third kappa shape index (κ3) is 4.06. The SMILES string of the molecule is CCNC(=O)CN(C)C(=O)c1ccc(C(=O)O)cn1. The van der Waals surface area contributed by atoms with E-state index < -0.39 is 11.9 Å². The molecule has 0 bridgehead atoms.